The quantitative estimate of drug-likeness (QED) is 0.636. The number of hydrogen-bond acceptors (Lipinski definition) is 3. The SMILES string of the molecule is Cc1cc(C)c2c(c1)OC1(CCN(C(=O)c3ccc(Cl)cc3Cl)CC1)CC2=O. The van der Waals surface area contributed by atoms with Crippen molar-refractivity contribution in [1.29, 1.82) is 0 Å². The predicted molar refractivity (Wildman–Crippen MR) is 110 cm³/mol. The minimum absolute atomic E-state index is 0.120. The third-order valence-corrected chi connectivity index (χ3v) is 6.20. The van der Waals surface area contributed by atoms with Gasteiger partial charge in [-0.05, 0) is 49.2 Å². The summed E-state index contributed by atoms with van der Waals surface area (Å²) in [6.07, 6.45) is 1.58. The van der Waals surface area contributed by atoms with Gasteiger partial charge in [-0.15, -0.1) is 0 Å². The highest BCUT2D eigenvalue weighted by molar-refractivity contribution is 6.36. The van der Waals surface area contributed by atoms with Crippen LogP contribution in [0.5, 0.6) is 5.75 Å². The van der Waals surface area contributed by atoms with Crippen LogP contribution in [0, 0.1) is 13.8 Å². The summed E-state index contributed by atoms with van der Waals surface area (Å²) >= 11 is 12.1. The zero-order valence-electron chi connectivity index (χ0n) is 15.9. The zero-order valence-corrected chi connectivity index (χ0v) is 17.4. The van der Waals surface area contributed by atoms with E-state index in [4.69, 9.17) is 27.9 Å². The number of ketones is 1. The van der Waals surface area contributed by atoms with Crippen molar-refractivity contribution in [3.8, 4) is 5.75 Å². The number of amides is 1. The molecule has 0 bridgehead atoms. The van der Waals surface area contributed by atoms with Gasteiger partial charge in [0.2, 0.25) is 0 Å². The molecule has 0 N–H and O–H groups in total. The number of piperidine rings is 1. The van der Waals surface area contributed by atoms with E-state index in [0.717, 1.165) is 11.1 Å². The molecule has 6 heteroatoms. The van der Waals surface area contributed by atoms with E-state index in [1.807, 2.05) is 26.0 Å². The highest BCUT2D eigenvalue weighted by Gasteiger charge is 2.44. The van der Waals surface area contributed by atoms with Crippen molar-refractivity contribution in [3.63, 3.8) is 0 Å². The number of nitrogens with zero attached hydrogens (tertiary/aromatic N) is 1. The van der Waals surface area contributed by atoms with Crippen molar-refractivity contribution < 1.29 is 14.3 Å². The molecule has 2 heterocycles. The van der Waals surface area contributed by atoms with Gasteiger partial charge >= 0.3 is 0 Å². The van der Waals surface area contributed by atoms with E-state index in [-0.39, 0.29) is 11.7 Å². The van der Waals surface area contributed by atoms with Gasteiger partial charge in [-0.1, -0.05) is 29.3 Å². The van der Waals surface area contributed by atoms with Crippen LogP contribution in [-0.4, -0.2) is 35.3 Å². The summed E-state index contributed by atoms with van der Waals surface area (Å²) < 4.78 is 6.36. The van der Waals surface area contributed by atoms with Gasteiger partial charge < -0.3 is 9.64 Å². The maximum absolute atomic E-state index is 12.8. The molecular weight excluding hydrogens is 397 g/mol. The average molecular weight is 418 g/mol. The van der Waals surface area contributed by atoms with Crippen LogP contribution in [0.25, 0.3) is 0 Å². The van der Waals surface area contributed by atoms with Crippen molar-refractivity contribution in [1.82, 2.24) is 4.90 Å². The standard InChI is InChI=1S/C22H21Cl2NO3/c1-13-9-14(2)20-18(26)12-22(28-19(20)10-13)5-7-25(8-6-22)21(27)16-4-3-15(23)11-17(16)24/h3-4,9-11H,5-8,12H2,1-2H3. The van der Waals surface area contributed by atoms with Crippen LogP contribution in [0.2, 0.25) is 10.0 Å². The lowest BCUT2D eigenvalue weighted by Crippen LogP contribution is -2.52. The normalized spacial score (nSPS) is 18.0. The summed E-state index contributed by atoms with van der Waals surface area (Å²) in [5, 5.41) is 0.847. The van der Waals surface area contributed by atoms with Gasteiger partial charge in [0.05, 0.1) is 22.6 Å². The molecular formula is C22H21Cl2NO3. The Kier molecular flexibility index (Phi) is 4.88. The molecule has 4 rings (SSSR count). The number of Topliss-reactive ketones (excluding diaryl/α,β-unsaturated/α-hetero) is 1. The molecule has 0 unspecified atom stereocenters. The van der Waals surface area contributed by atoms with Crippen molar-refractivity contribution in [2.45, 2.75) is 38.7 Å². The van der Waals surface area contributed by atoms with Gasteiger partial charge in [0.15, 0.2) is 5.78 Å². The van der Waals surface area contributed by atoms with Gasteiger partial charge in [0.25, 0.3) is 5.91 Å². The van der Waals surface area contributed by atoms with Crippen molar-refractivity contribution in [3.05, 3.63) is 62.6 Å². The summed E-state index contributed by atoms with van der Waals surface area (Å²) in [6, 6.07) is 8.84. The molecule has 0 saturated carbocycles. The smallest absolute Gasteiger partial charge is 0.255 e. The van der Waals surface area contributed by atoms with Crippen molar-refractivity contribution in [2.24, 2.45) is 0 Å². The first kappa shape index (κ1) is 19.3. The molecule has 2 aliphatic heterocycles. The monoisotopic (exact) mass is 417 g/mol. The summed E-state index contributed by atoms with van der Waals surface area (Å²) in [5.41, 5.74) is 2.64. The van der Waals surface area contributed by atoms with E-state index in [2.05, 4.69) is 0 Å². The number of hydrogen-bond donors (Lipinski definition) is 0. The maximum atomic E-state index is 12.8. The highest BCUT2D eigenvalue weighted by Crippen LogP contribution is 2.41. The second-order valence-electron chi connectivity index (χ2n) is 7.76. The van der Waals surface area contributed by atoms with E-state index in [0.29, 0.717) is 59.3 Å². The van der Waals surface area contributed by atoms with E-state index in [1.165, 1.54) is 0 Å². The largest absolute Gasteiger partial charge is 0.486 e. The lowest BCUT2D eigenvalue weighted by atomic mass is 9.81. The van der Waals surface area contributed by atoms with E-state index >= 15 is 0 Å². The lowest BCUT2D eigenvalue weighted by Gasteiger charge is -2.44. The van der Waals surface area contributed by atoms with Crippen LogP contribution >= 0.6 is 23.2 Å². The van der Waals surface area contributed by atoms with Crippen molar-refractivity contribution in [2.75, 3.05) is 13.1 Å². The Morgan fingerprint density at radius 1 is 1.11 bits per heavy atom. The van der Waals surface area contributed by atoms with E-state index in [1.54, 1.807) is 23.1 Å². The number of ether oxygens (including phenoxy) is 1. The molecule has 1 amide bonds. The number of rotatable bonds is 1. The number of aryl methyl sites for hydroxylation is 2. The maximum Gasteiger partial charge on any atom is 0.255 e. The van der Waals surface area contributed by atoms with Gasteiger partial charge in [0, 0.05) is 31.0 Å². The third kappa shape index (κ3) is 3.40. The molecule has 4 nitrogen and oxygen atoms in total. The minimum atomic E-state index is -0.537. The molecule has 0 atom stereocenters. The second-order valence-corrected chi connectivity index (χ2v) is 8.60. The predicted octanol–water partition coefficient (Wildman–Crippen LogP) is 5.25. The Morgan fingerprint density at radius 2 is 1.82 bits per heavy atom. The second kappa shape index (κ2) is 7.09. The Bertz CT molecular complexity index is 978. The molecule has 146 valence electrons. The number of carbonyl (C=O) groups is 2. The molecule has 0 radical (unpaired) electrons. The molecule has 1 spiro atoms. The first-order chi connectivity index (χ1) is 13.3. The van der Waals surface area contributed by atoms with E-state index in [9.17, 15) is 9.59 Å². The van der Waals surface area contributed by atoms with Gasteiger partial charge in [0.1, 0.15) is 11.4 Å². The number of likely N-dealkylation sites (tertiary alicyclic amines) is 1. The molecule has 28 heavy (non-hydrogen) atoms. The molecule has 2 aliphatic rings. The Balaban J connectivity index is 1.52. The molecule has 2 aromatic carbocycles. The van der Waals surface area contributed by atoms with Gasteiger partial charge in [-0.2, -0.15) is 0 Å². The fourth-order valence-electron chi connectivity index (χ4n) is 4.25. The molecule has 0 aliphatic carbocycles. The third-order valence-electron chi connectivity index (χ3n) is 5.66. The van der Waals surface area contributed by atoms with E-state index < -0.39 is 5.60 Å². The fourth-order valence-corrected chi connectivity index (χ4v) is 4.74. The average Bonchev–Trinajstić information content (AvgIpc) is 2.60. The van der Waals surface area contributed by atoms with Crippen LogP contribution in [0.4, 0.5) is 0 Å². The summed E-state index contributed by atoms with van der Waals surface area (Å²) in [4.78, 5) is 27.4. The van der Waals surface area contributed by atoms with Gasteiger partial charge in [-0.3, -0.25) is 9.59 Å². The summed E-state index contributed by atoms with van der Waals surface area (Å²) in [5.74, 6) is 0.680. The number of halogens is 2. The Hall–Kier alpha value is -2.04. The van der Waals surface area contributed by atoms with Crippen LogP contribution in [-0.2, 0) is 0 Å². The molecule has 1 saturated heterocycles. The molecule has 0 aromatic heterocycles. The van der Waals surface area contributed by atoms with Crippen molar-refractivity contribution >= 4 is 34.9 Å². The van der Waals surface area contributed by atoms with Crippen LogP contribution in [0.15, 0.2) is 30.3 Å². The lowest BCUT2D eigenvalue weighted by molar-refractivity contribution is -0.00580. The topological polar surface area (TPSA) is 46.6 Å². The Morgan fingerprint density at radius 3 is 2.50 bits per heavy atom. The molecule has 2 aromatic rings. The van der Waals surface area contributed by atoms with Crippen LogP contribution in [0.3, 0.4) is 0 Å². The van der Waals surface area contributed by atoms with Gasteiger partial charge in [-0.25, -0.2) is 0 Å². The minimum Gasteiger partial charge on any atom is -0.486 e. The first-order valence-corrected chi connectivity index (χ1v) is 10.1. The highest BCUT2D eigenvalue weighted by atomic mass is 35.5. The summed E-state index contributed by atoms with van der Waals surface area (Å²) in [7, 11) is 0. The first-order valence-electron chi connectivity index (χ1n) is 9.36. The fraction of sp³-hybridized carbons (Fsp3) is 0.364. The summed E-state index contributed by atoms with van der Waals surface area (Å²) in [6.45, 7) is 4.98. The Labute approximate surface area is 174 Å². The van der Waals surface area contributed by atoms with Crippen LogP contribution < -0.4 is 4.74 Å². The molecule has 1 fully saturated rings. The zero-order chi connectivity index (χ0) is 20.1. The number of carbonyl (C=O) groups excluding carboxylic acids is 2. The number of fused-ring (bicyclic) bond motifs is 1. The van der Waals surface area contributed by atoms with Crippen LogP contribution in [0.1, 0.15) is 51.1 Å². The number of benzene rings is 2.